The van der Waals surface area contributed by atoms with Crippen LogP contribution in [-0.4, -0.2) is 33.7 Å². The molecule has 0 aliphatic heterocycles. The van der Waals surface area contributed by atoms with E-state index in [-0.39, 0.29) is 13.1 Å². The summed E-state index contributed by atoms with van der Waals surface area (Å²) >= 11 is 6.42. The molecule has 0 aliphatic rings. The second-order valence-electron chi connectivity index (χ2n) is 5.78. The van der Waals surface area contributed by atoms with Crippen molar-refractivity contribution in [2.75, 3.05) is 13.1 Å². The number of carbonyl (C=O) groups is 1. The fourth-order valence-corrected chi connectivity index (χ4v) is 2.67. The van der Waals surface area contributed by atoms with Gasteiger partial charge in [-0.05, 0) is 25.5 Å². The Morgan fingerprint density at radius 3 is 2.42 bits per heavy atom. The van der Waals surface area contributed by atoms with Gasteiger partial charge in [-0.15, -0.1) is 0 Å². The van der Waals surface area contributed by atoms with E-state index in [1.54, 1.807) is 10.8 Å². The highest BCUT2D eigenvalue weighted by molar-refractivity contribution is 6.31. The van der Waals surface area contributed by atoms with Crippen molar-refractivity contribution in [3.05, 3.63) is 57.9 Å². The summed E-state index contributed by atoms with van der Waals surface area (Å²) in [6, 6.07) is 11.8. The minimum Gasteiger partial charge on any atom is -0.313 e. The number of hydrogen-bond donors (Lipinski definition) is 0. The third kappa shape index (κ3) is 4.72. The van der Waals surface area contributed by atoms with Gasteiger partial charge in [0.1, 0.15) is 18.2 Å². The number of hydrogen-bond acceptors (Lipinski definition) is 4. The van der Waals surface area contributed by atoms with E-state index < -0.39 is 5.91 Å². The third-order valence-corrected chi connectivity index (χ3v) is 4.19. The molecule has 0 atom stereocenters. The molecule has 0 unspecified atom stereocenters. The lowest BCUT2D eigenvalue weighted by atomic mass is 10.1. The summed E-state index contributed by atoms with van der Waals surface area (Å²) in [4.78, 5) is 13.3. The molecule has 26 heavy (non-hydrogen) atoms. The standard InChI is InChI=1S/C19H18ClN5O/c1-14-3-5-16(6-4-14)13-25-19(20)17(15(2)23-25)7-8-18(26)24(11-9-21)12-10-22/h3-8H,11-13H2,1-2H3/b8-7+. The number of halogens is 1. The van der Waals surface area contributed by atoms with E-state index in [2.05, 4.69) is 5.10 Å². The van der Waals surface area contributed by atoms with Gasteiger partial charge in [0.25, 0.3) is 0 Å². The molecule has 0 saturated heterocycles. The Hall–Kier alpha value is -3.09. The molecular formula is C19H18ClN5O. The molecule has 2 aromatic rings. The van der Waals surface area contributed by atoms with Crippen LogP contribution >= 0.6 is 11.6 Å². The van der Waals surface area contributed by atoms with E-state index in [9.17, 15) is 4.79 Å². The van der Waals surface area contributed by atoms with Crippen molar-refractivity contribution in [1.82, 2.24) is 14.7 Å². The van der Waals surface area contributed by atoms with Crippen LogP contribution in [-0.2, 0) is 11.3 Å². The quantitative estimate of drug-likeness (QED) is 0.580. The van der Waals surface area contributed by atoms with Crippen molar-refractivity contribution in [1.29, 1.82) is 10.5 Å². The van der Waals surface area contributed by atoms with Crippen LogP contribution in [0.5, 0.6) is 0 Å². The first-order chi connectivity index (χ1) is 12.5. The molecule has 0 saturated carbocycles. The summed E-state index contributed by atoms with van der Waals surface area (Å²) in [5.41, 5.74) is 3.58. The van der Waals surface area contributed by atoms with Crippen LogP contribution in [0.25, 0.3) is 6.08 Å². The van der Waals surface area contributed by atoms with Crippen LogP contribution < -0.4 is 0 Å². The summed E-state index contributed by atoms with van der Waals surface area (Å²) in [5, 5.41) is 22.3. The lowest BCUT2D eigenvalue weighted by Crippen LogP contribution is -2.30. The minimum absolute atomic E-state index is 0.143. The van der Waals surface area contributed by atoms with E-state index in [4.69, 9.17) is 22.1 Å². The normalized spacial score (nSPS) is 10.5. The molecule has 0 bridgehead atoms. The largest absolute Gasteiger partial charge is 0.313 e. The van der Waals surface area contributed by atoms with Gasteiger partial charge in [-0.25, -0.2) is 4.68 Å². The van der Waals surface area contributed by atoms with Crippen molar-refractivity contribution < 1.29 is 4.79 Å². The number of benzene rings is 1. The summed E-state index contributed by atoms with van der Waals surface area (Å²) < 4.78 is 1.67. The number of nitriles is 2. The maximum absolute atomic E-state index is 12.1. The van der Waals surface area contributed by atoms with Crippen LogP contribution in [0.3, 0.4) is 0 Å². The van der Waals surface area contributed by atoms with E-state index in [0.717, 1.165) is 10.5 Å². The summed E-state index contributed by atoms with van der Waals surface area (Å²) in [7, 11) is 0. The maximum Gasteiger partial charge on any atom is 0.248 e. The first-order valence-electron chi connectivity index (χ1n) is 7.95. The van der Waals surface area contributed by atoms with Gasteiger partial charge in [-0.3, -0.25) is 4.79 Å². The SMILES string of the molecule is Cc1ccc(Cn2nc(C)c(/C=C/C(=O)N(CC#N)CC#N)c2Cl)cc1. The highest BCUT2D eigenvalue weighted by atomic mass is 35.5. The van der Waals surface area contributed by atoms with Gasteiger partial charge < -0.3 is 4.90 Å². The van der Waals surface area contributed by atoms with Crippen molar-refractivity contribution in [2.45, 2.75) is 20.4 Å². The Labute approximate surface area is 157 Å². The Balaban J connectivity index is 2.19. The Morgan fingerprint density at radius 1 is 1.23 bits per heavy atom. The molecule has 7 heteroatoms. The number of amides is 1. The van der Waals surface area contributed by atoms with E-state index >= 15 is 0 Å². The van der Waals surface area contributed by atoms with E-state index in [0.29, 0.717) is 23.0 Å². The fraction of sp³-hybridized carbons (Fsp3) is 0.263. The van der Waals surface area contributed by atoms with Crippen molar-refractivity contribution in [3.8, 4) is 12.1 Å². The topological polar surface area (TPSA) is 85.7 Å². The van der Waals surface area contributed by atoms with Gasteiger partial charge in [0.05, 0.1) is 24.4 Å². The number of nitrogens with zero attached hydrogens (tertiary/aromatic N) is 5. The van der Waals surface area contributed by atoms with Gasteiger partial charge in [0, 0.05) is 11.6 Å². The molecule has 132 valence electrons. The molecular weight excluding hydrogens is 350 g/mol. The second-order valence-corrected chi connectivity index (χ2v) is 6.14. The molecule has 0 N–H and O–H groups in total. The lowest BCUT2D eigenvalue weighted by molar-refractivity contribution is -0.124. The van der Waals surface area contributed by atoms with E-state index in [1.165, 1.54) is 11.6 Å². The average molecular weight is 368 g/mol. The van der Waals surface area contributed by atoms with Gasteiger partial charge >= 0.3 is 0 Å². The molecule has 1 aromatic heterocycles. The van der Waals surface area contributed by atoms with Crippen LogP contribution in [0, 0.1) is 36.5 Å². The minimum atomic E-state index is -0.421. The number of rotatable bonds is 6. The molecule has 0 fully saturated rings. The first kappa shape index (κ1) is 19.2. The second kappa shape index (κ2) is 8.84. The highest BCUT2D eigenvalue weighted by Crippen LogP contribution is 2.22. The zero-order valence-corrected chi connectivity index (χ0v) is 15.4. The van der Waals surface area contributed by atoms with Crippen LogP contribution in [0.4, 0.5) is 0 Å². The number of carbonyl (C=O) groups excluding carboxylic acids is 1. The lowest BCUT2D eigenvalue weighted by Gasteiger charge is -2.12. The molecule has 1 aromatic carbocycles. The highest BCUT2D eigenvalue weighted by Gasteiger charge is 2.13. The fourth-order valence-electron chi connectivity index (χ4n) is 2.37. The third-order valence-electron chi connectivity index (χ3n) is 3.79. The Morgan fingerprint density at radius 2 is 1.85 bits per heavy atom. The van der Waals surface area contributed by atoms with Crippen LogP contribution in [0.2, 0.25) is 5.15 Å². The first-order valence-corrected chi connectivity index (χ1v) is 8.33. The van der Waals surface area contributed by atoms with Gasteiger partial charge in [-0.2, -0.15) is 15.6 Å². The molecule has 0 radical (unpaired) electrons. The number of aryl methyl sites for hydroxylation is 2. The molecule has 0 spiro atoms. The van der Waals surface area contributed by atoms with Crippen LogP contribution in [0.15, 0.2) is 30.3 Å². The molecule has 1 heterocycles. The van der Waals surface area contributed by atoms with Crippen LogP contribution in [0.1, 0.15) is 22.4 Å². The van der Waals surface area contributed by atoms with Gasteiger partial charge in [-0.1, -0.05) is 41.4 Å². The van der Waals surface area contributed by atoms with Gasteiger partial charge in [0.15, 0.2) is 0 Å². The monoisotopic (exact) mass is 367 g/mol. The maximum atomic E-state index is 12.1. The number of aromatic nitrogens is 2. The summed E-state index contributed by atoms with van der Waals surface area (Å²) in [6.07, 6.45) is 2.88. The average Bonchev–Trinajstić information content (AvgIpc) is 2.88. The Kier molecular flexibility index (Phi) is 6.54. The van der Waals surface area contributed by atoms with Crippen molar-refractivity contribution in [3.63, 3.8) is 0 Å². The molecule has 6 nitrogen and oxygen atoms in total. The van der Waals surface area contributed by atoms with Crippen molar-refractivity contribution in [2.24, 2.45) is 0 Å². The summed E-state index contributed by atoms with van der Waals surface area (Å²) in [5.74, 6) is -0.421. The van der Waals surface area contributed by atoms with Crippen molar-refractivity contribution >= 4 is 23.6 Å². The van der Waals surface area contributed by atoms with Gasteiger partial charge in [0.2, 0.25) is 5.91 Å². The smallest absolute Gasteiger partial charge is 0.248 e. The van der Waals surface area contributed by atoms with E-state index in [1.807, 2.05) is 50.3 Å². The predicted octanol–water partition coefficient (Wildman–Crippen LogP) is 3.09. The summed E-state index contributed by atoms with van der Waals surface area (Å²) in [6.45, 7) is 4.07. The Bertz CT molecular complexity index is 884. The molecule has 1 amide bonds. The zero-order chi connectivity index (χ0) is 19.1. The zero-order valence-electron chi connectivity index (χ0n) is 14.6. The molecule has 0 aliphatic carbocycles. The predicted molar refractivity (Wildman–Crippen MR) is 99.1 cm³/mol. The molecule has 2 rings (SSSR count).